The van der Waals surface area contributed by atoms with E-state index in [2.05, 4.69) is 10.3 Å². The number of methoxy groups -OCH3 is 1. The van der Waals surface area contributed by atoms with E-state index in [1.807, 2.05) is 18.5 Å². The summed E-state index contributed by atoms with van der Waals surface area (Å²) < 4.78 is 6.63. The van der Waals surface area contributed by atoms with Crippen LogP contribution in [0, 0.1) is 0 Å². The van der Waals surface area contributed by atoms with Gasteiger partial charge in [-0.25, -0.2) is 4.98 Å². The number of thiazole rings is 1. The molecule has 0 saturated carbocycles. The molecule has 0 amide bonds. The first-order valence-electron chi connectivity index (χ1n) is 6.06. The van der Waals surface area contributed by atoms with Crippen LogP contribution in [0.3, 0.4) is 0 Å². The normalized spacial score (nSPS) is 12.3. The number of hydrogen-bond donors (Lipinski definition) is 1. The predicted octanol–water partition coefficient (Wildman–Crippen LogP) is 2.12. The molecule has 5 nitrogen and oxygen atoms in total. The first-order valence-corrected chi connectivity index (χ1v) is 6.94. The van der Waals surface area contributed by atoms with Crippen molar-refractivity contribution in [3.05, 3.63) is 45.3 Å². The zero-order valence-corrected chi connectivity index (χ0v) is 11.8. The highest BCUT2D eigenvalue weighted by atomic mass is 32.1. The number of rotatable bonds is 6. The molecule has 6 heteroatoms. The lowest BCUT2D eigenvalue weighted by atomic mass is 10.3. The van der Waals surface area contributed by atoms with Gasteiger partial charge in [-0.15, -0.1) is 11.3 Å². The summed E-state index contributed by atoms with van der Waals surface area (Å²) in [4.78, 5) is 15.9. The highest BCUT2D eigenvalue weighted by molar-refractivity contribution is 7.09. The van der Waals surface area contributed by atoms with Crippen LogP contribution in [-0.4, -0.2) is 23.3 Å². The van der Waals surface area contributed by atoms with Crippen LogP contribution in [0.5, 0.6) is 0 Å². The number of anilines is 1. The van der Waals surface area contributed by atoms with Crippen LogP contribution in [0.15, 0.2) is 34.7 Å². The molecule has 0 aromatic carbocycles. The molecule has 0 saturated heterocycles. The average Bonchev–Trinajstić information content (AvgIpc) is 2.93. The molecule has 1 atom stereocenters. The molecule has 0 radical (unpaired) electrons. The fourth-order valence-corrected chi connectivity index (χ4v) is 2.39. The molecule has 0 spiro atoms. The zero-order chi connectivity index (χ0) is 13.7. The Bertz CT molecular complexity index is 566. The standard InChI is InChI=1S/C13H17N3O2S/c1-10(13-14-5-8-19-13)15-11-3-4-12(17)16(9-11)6-7-18-2/h3-5,8-10,15H,6-7H2,1-2H3. The molecule has 0 aliphatic heterocycles. The van der Waals surface area contributed by atoms with Gasteiger partial charge in [-0.05, 0) is 13.0 Å². The Hall–Kier alpha value is -1.66. The summed E-state index contributed by atoms with van der Waals surface area (Å²) in [6.45, 7) is 3.12. The third-order valence-corrected chi connectivity index (χ3v) is 3.68. The lowest BCUT2D eigenvalue weighted by Crippen LogP contribution is -2.21. The summed E-state index contributed by atoms with van der Waals surface area (Å²) in [6.07, 6.45) is 3.60. The van der Waals surface area contributed by atoms with E-state index in [9.17, 15) is 4.79 Å². The van der Waals surface area contributed by atoms with E-state index in [0.29, 0.717) is 13.2 Å². The number of hydrogen-bond acceptors (Lipinski definition) is 5. The van der Waals surface area contributed by atoms with E-state index in [4.69, 9.17) is 4.74 Å². The minimum absolute atomic E-state index is 0.0236. The molecule has 0 aliphatic carbocycles. The SMILES string of the molecule is COCCn1cc(NC(C)c2nccs2)ccc1=O. The Balaban J connectivity index is 2.10. The molecule has 102 valence electrons. The maximum Gasteiger partial charge on any atom is 0.250 e. The van der Waals surface area contributed by atoms with Crippen LogP contribution in [0.2, 0.25) is 0 Å². The highest BCUT2D eigenvalue weighted by Crippen LogP contribution is 2.19. The molecule has 0 fully saturated rings. The second-order valence-electron chi connectivity index (χ2n) is 4.18. The van der Waals surface area contributed by atoms with Gasteiger partial charge in [-0.2, -0.15) is 0 Å². The number of nitrogens with zero attached hydrogens (tertiary/aromatic N) is 2. The van der Waals surface area contributed by atoms with E-state index in [-0.39, 0.29) is 11.6 Å². The van der Waals surface area contributed by atoms with Gasteiger partial charge in [0.2, 0.25) is 0 Å². The number of ether oxygens (including phenoxy) is 1. The smallest absolute Gasteiger partial charge is 0.250 e. The van der Waals surface area contributed by atoms with Gasteiger partial charge in [0.25, 0.3) is 5.56 Å². The summed E-state index contributed by atoms with van der Waals surface area (Å²) in [6, 6.07) is 3.47. The van der Waals surface area contributed by atoms with E-state index in [1.165, 1.54) is 0 Å². The van der Waals surface area contributed by atoms with Crippen LogP contribution in [0.25, 0.3) is 0 Å². The summed E-state index contributed by atoms with van der Waals surface area (Å²) in [7, 11) is 1.62. The molecule has 0 bridgehead atoms. The molecular formula is C13H17N3O2S. The maximum absolute atomic E-state index is 11.7. The van der Waals surface area contributed by atoms with Crippen molar-refractivity contribution in [2.24, 2.45) is 0 Å². The highest BCUT2D eigenvalue weighted by Gasteiger charge is 2.08. The molecule has 2 rings (SSSR count). The van der Waals surface area contributed by atoms with Crippen molar-refractivity contribution in [2.75, 3.05) is 19.0 Å². The van der Waals surface area contributed by atoms with Crippen molar-refractivity contribution in [2.45, 2.75) is 19.5 Å². The molecule has 0 aliphatic rings. The minimum Gasteiger partial charge on any atom is -0.383 e. The van der Waals surface area contributed by atoms with Gasteiger partial charge in [0.1, 0.15) is 5.01 Å². The first kappa shape index (κ1) is 13.8. The van der Waals surface area contributed by atoms with Crippen LogP contribution >= 0.6 is 11.3 Å². The predicted molar refractivity (Wildman–Crippen MR) is 76.7 cm³/mol. The van der Waals surface area contributed by atoms with Crippen LogP contribution in [-0.2, 0) is 11.3 Å². The van der Waals surface area contributed by atoms with Gasteiger partial charge in [-0.1, -0.05) is 0 Å². The monoisotopic (exact) mass is 279 g/mol. The second kappa shape index (κ2) is 6.49. The van der Waals surface area contributed by atoms with Crippen molar-refractivity contribution in [1.82, 2.24) is 9.55 Å². The third kappa shape index (κ3) is 3.65. The Morgan fingerprint density at radius 1 is 1.53 bits per heavy atom. The van der Waals surface area contributed by atoms with Crippen LogP contribution in [0.1, 0.15) is 18.0 Å². The number of pyridine rings is 1. The van der Waals surface area contributed by atoms with Crippen molar-refractivity contribution in [3.8, 4) is 0 Å². The van der Waals surface area contributed by atoms with Crippen molar-refractivity contribution in [3.63, 3.8) is 0 Å². The Kier molecular flexibility index (Phi) is 4.70. The summed E-state index contributed by atoms with van der Waals surface area (Å²) in [5.41, 5.74) is 0.878. The van der Waals surface area contributed by atoms with Gasteiger partial charge in [0.15, 0.2) is 0 Å². The van der Waals surface area contributed by atoms with Gasteiger partial charge < -0.3 is 14.6 Å². The van der Waals surface area contributed by atoms with Gasteiger partial charge in [0.05, 0.1) is 18.3 Å². The quantitative estimate of drug-likeness (QED) is 0.880. The molecular weight excluding hydrogens is 262 g/mol. The summed E-state index contributed by atoms with van der Waals surface area (Å²) in [5, 5.41) is 6.31. The van der Waals surface area contributed by atoms with Crippen LogP contribution in [0.4, 0.5) is 5.69 Å². The lowest BCUT2D eigenvalue weighted by Gasteiger charge is -2.14. The van der Waals surface area contributed by atoms with Crippen LogP contribution < -0.4 is 10.9 Å². The van der Waals surface area contributed by atoms with Crippen molar-refractivity contribution in [1.29, 1.82) is 0 Å². The summed E-state index contributed by atoms with van der Waals surface area (Å²) >= 11 is 1.61. The Morgan fingerprint density at radius 2 is 2.37 bits per heavy atom. The van der Waals surface area contributed by atoms with Gasteiger partial charge >= 0.3 is 0 Å². The number of nitrogens with one attached hydrogen (secondary N) is 1. The average molecular weight is 279 g/mol. The minimum atomic E-state index is -0.0236. The largest absolute Gasteiger partial charge is 0.383 e. The van der Waals surface area contributed by atoms with E-state index in [0.717, 1.165) is 10.7 Å². The third-order valence-electron chi connectivity index (χ3n) is 2.72. The summed E-state index contributed by atoms with van der Waals surface area (Å²) in [5.74, 6) is 0. The Labute approximate surface area is 115 Å². The van der Waals surface area contributed by atoms with Gasteiger partial charge in [0, 0.05) is 37.5 Å². The molecule has 2 aromatic heterocycles. The molecule has 1 unspecified atom stereocenters. The molecule has 2 aromatic rings. The van der Waals surface area contributed by atoms with Crippen molar-refractivity contribution < 1.29 is 4.74 Å². The lowest BCUT2D eigenvalue weighted by molar-refractivity contribution is 0.186. The van der Waals surface area contributed by atoms with Gasteiger partial charge in [-0.3, -0.25) is 4.79 Å². The van der Waals surface area contributed by atoms with E-state index in [1.54, 1.807) is 41.3 Å². The molecule has 1 N–H and O–H groups in total. The maximum atomic E-state index is 11.7. The number of aromatic nitrogens is 2. The van der Waals surface area contributed by atoms with Crippen molar-refractivity contribution >= 4 is 17.0 Å². The molecule has 19 heavy (non-hydrogen) atoms. The van der Waals surface area contributed by atoms with E-state index >= 15 is 0 Å². The zero-order valence-electron chi connectivity index (χ0n) is 11.0. The fraction of sp³-hybridized carbons (Fsp3) is 0.385. The first-order chi connectivity index (χ1) is 9.20. The fourth-order valence-electron chi connectivity index (χ4n) is 1.74. The van der Waals surface area contributed by atoms with E-state index < -0.39 is 0 Å². The Morgan fingerprint density at radius 3 is 3.05 bits per heavy atom. The molecule has 2 heterocycles. The second-order valence-corrected chi connectivity index (χ2v) is 5.10. The topological polar surface area (TPSA) is 56.1 Å².